The molecule has 29 heavy (non-hydrogen) atoms. The van der Waals surface area contributed by atoms with Crippen molar-refractivity contribution in [2.24, 2.45) is 11.3 Å². The van der Waals surface area contributed by atoms with Crippen molar-refractivity contribution in [2.75, 3.05) is 12.4 Å². The van der Waals surface area contributed by atoms with Crippen LogP contribution in [0.5, 0.6) is 11.5 Å². The highest BCUT2D eigenvalue weighted by molar-refractivity contribution is 9.10. The molecule has 2 heterocycles. The molecule has 0 saturated carbocycles. The lowest BCUT2D eigenvalue weighted by Gasteiger charge is -2.36. The van der Waals surface area contributed by atoms with Gasteiger partial charge in [0.05, 0.1) is 17.1 Å². The Bertz CT molecular complexity index is 969. The van der Waals surface area contributed by atoms with Crippen LogP contribution in [0.3, 0.4) is 0 Å². The van der Waals surface area contributed by atoms with Gasteiger partial charge in [-0.2, -0.15) is 0 Å². The largest absolute Gasteiger partial charge is 0.503 e. The number of phenols is 1. The first-order valence-electron chi connectivity index (χ1n) is 10.0. The van der Waals surface area contributed by atoms with E-state index in [4.69, 9.17) is 4.74 Å². The third-order valence-corrected chi connectivity index (χ3v) is 8.45. The molecule has 0 unspecified atom stereocenters. The van der Waals surface area contributed by atoms with E-state index >= 15 is 0 Å². The van der Waals surface area contributed by atoms with Gasteiger partial charge in [-0.15, -0.1) is 11.3 Å². The Kier molecular flexibility index (Phi) is 5.32. The number of benzene rings is 1. The zero-order valence-electron chi connectivity index (χ0n) is 17.2. The van der Waals surface area contributed by atoms with Crippen LogP contribution in [0.15, 0.2) is 16.6 Å². The first-order chi connectivity index (χ1) is 13.7. The Morgan fingerprint density at radius 1 is 1.34 bits per heavy atom. The van der Waals surface area contributed by atoms with Crippen molar-refractivity contribution in [1.82, 2.24) is 5.32 Å². The number of anilines is 1. The quantitative estimate of drug-likeness (QED) is 0.533. The van der Waals surface area contributed by atoms with Gasteiger partial charge < -0.3 is 20.5 Å². The molecule has 2 aliphatic rings. The molecular weight excluding hydrogens is 452 g/mol. The van der Waals surface area contributed by atoms with Crippen LogP contribution in [0, 0.1) is 11.3 Å². The second-order valence-corrected chi connectivity index (χ2v) is 10.6. The summed E-state index contributed by atoms with van der Waals surface area (Å²) < 4.78 is 5.79. The summed E-state index contributed by atoms with van der Waals surface area (Å²) in [6, 6.07) is 3.55. The van der Waals surface area contributed by atoms with Crippen LogP contribution in [0.25, 0.3) is 0 Å². The van der Waals surface area contributed by atoms with Gasteiger partial charge >= 0.3 is 0 Å². The van der Waals surface area contributed by atoms with Gasteiger partial charge in [0, 0.05) is 4.88 Å². The van der Waals surface area contributed by atoms with E-state index in [9.17, 15) is 9.90 Å². The van der Waals surface area contributed by atoms with E-state index in [-0.39, 0.29) is 17.8 Å². The predicted octanol–water partition coefficient (Wildman–Crippen LogP) is 5.62. The molecule has 0 radical (unpaired) electrons. The second-order valence-electron chi connectivity index (χ2n) is 8.59. The maximum atomic E-state index is 13.0. The van der Waals surface area contributed by atoms with Gasteiger partial charge in [-0.3, -0.25) is 4.79 Å². The van der Waals surface area contributed by atoms with E-state index in [0.717, 1.165) is 41.8 Å². The monoisotopic (exact) mass is 478 g/mol. The molecule has 156 valence electrons. The van der Waals surface area contributed by atoms with E-state index in [0.29, 0.717) is 21.6 Å². The number of nitrogens with one attached hydrogen (secondary N) is 2. The van der Waals surface area contributed by atoms with Crippen LogP contribution in [-0.2, 0) is 12.8 Å². The molecule has 1 aromatic carbocycles. The summed E-state index contributed by atoms with van der Waals surface area (Å²) in [6.07, 6.45) is 3.94. The van der Waals surface area contributed by atoms with Gasteiger partial charge in [0.2, 0.25) is 0 Å². The minimum Gasteiger partial charge on any atom is -0.503 e. The lowest BCUT2D eigenvalue weighted by atomic mass is 9.69. The van der Waals surface area contributed by atoms with Crippen molar-refractivity contribution in [2.45, 2.75) is 52.6 Å². The number of amides is 1. The van der Waals surface area contributed by atoms with Crippen LogP contribution in [0.4, 0.5) is 5.00 Å². The number of aromatic hydroxyl groups is 1. The molecule has 7 heteroatoms. The number of thiophene rings is 1. The fourth-order valence-corrected chi connectivity index (χ4v) is 6.15. The number of carbonyl (C=O) groups excluding carboxylic acids is 1. The maximum absolute atomic E-state index is 13.0. The average Bonchev–Trinajstić information content (AvgIpc) is 3.07. The fourth-order valence-electron chi connectivity index (χ4n) is 4.34. The zero-order valence-corrected chi connectivity index (χ0v) is 19.6. The van der Waals surface area contributed by atoms with Crippen LogP contribution < -0.4 is 15.4 Å². The van der Waals surface area contributed by atoms with Crippen molar-refractivity contribution in [3.05, 3.63) is 38.2 Å². The molecule has 0 spiro atoms. The molecule has 5 nitrogen and oxygen atoms in total. The predicted molar refractivity (Wildman–Crippen MR) is 120 cm³/mol. The molecule has 3 N–H and O–H groups in total. The topological polar surface area (TPSA) is 70.6 Å². The van der Waals surface area contributed by atoms with Gasteiger partial charge in [0.25, 0.3) is 5.91 Å². The minimum absolute atomic E-state index is 0.0300. The number of carbonyl (C=O) groups is 1. The number of phenolic OH excluding ortho intramolecular Hbond substituents is 1. The Morgan fingerprint density at radius 2 is 2.10 bits per heavy atom. The molecule has 0 bridgehead atoms. The summed E-state index contributed by atoms with van der Waals surface area (Å²) in [6.45, 7) is 6.97. The standard InChI is InChI=1S/C22H27BrN2O3S/c1-5-22(2,3)12-6-7-13-16(10-12)29-21-17(13)20(27)24-19(25-21)11-8-14(23)18(26)15(9-11)28-4/h8-9,12,19,25-26H,5-7,10H2,1-4H3,(H,24,27)/t12-,19-/m0/s1. The number of halogens is 1. The summed E-state index contributed by atoms with van der Waals surface area (Å²) >= 11 is 5.08. The van der Waals surface area contributed by atoms with Crippen molar-refractivity contribution >= 4 is 38.2 Å². The highest BCUT2D eigenvalue weighted by atomic mass is 79.9. The molecule has 0 saturated heterocycles. The van der Waals surface area contributed by atoms with Gasteiger partial charge in [-0.25, -0.2) is 0 Å². The number of ether oxygens (including phenoxy) is 1. The summed E-state index contributed by atoms with van der Waals surface area (Å²) in [5.41, 5.74) is 3.18. The van der Waals surface area contributed by atoms with Crippen LogP contribution >= 0.6 is 27.3 Å². The summed E-state index contributed by atoms with van der Waals surface area (Å²) in [7, 11) is 1.51. The van der Waals surface area contributed by atoms with E-state index < -0.39 is 0 Å². The van der Waals surface area contributed by atoms with Crippen LogP contribution in [0.2, 0.25) is 0 Å². The molecule has 2 aromatic rings. The Morgan fingerprint density at radius 3 is 2.79 bits per heavy atom. The van der Waals surface area contributed by atoms with Gasteiger partial charge in [0.15, 0.2) is 11.5 Å². The molecule has 1 aliphatic carbocycles. The summed E-state index contributed by atoms with van der Waals surface area (Å²) in [5.74, 6) is 1.04. The second kappa shape index (κ2) is 7.51. The van der Waals surface area contributed by atoms with Gasteiger partial charge in [-0.05, 0) is 69.8 Å². The number of methoxy groups -OCH3 is 1. The average molecular weight is 479 g/mol. The van der Waals surface area contributed by atoms with Crippen molar-refractivity contribution in [1.29, 1.82) is 0 Å². The number of fused-ring (bicyclic) bond motifs is 3. The first kappa shape index (κ1) is 20.5. The summed E-state index contributed by atoms with van der Waals surface area (Å²) in [4.78, 5) is 14.4. The van der Waals surface area contributed by atoms with Crippen LogP contribution in [0.1, 0.15) is 66.1 Å². The van der Waals surface area contributed by atoms with E-state index in [1.165, 1.54) is 17.6 Å². The van der Waals surface area contributed by atoms with E-state index in [1.807, 2.05) is 0 Å². The van der Waals surface area contributed by atoms with Crippen molar-refractivity contribution in [3.63, 3.8) is 0 Å². The van der Waals surface area contributed by atoms with Gasteiger partial charge in [-0.1, -0.05) is 27.2 Å². The number of hydrogen-bond acceptors (Lipinski definition) is 5. The molecular formula is C22H27BrN2O3S. The van der Waals surface area contributed by atoms with Crippen molar-refractivity contribution < 1.29 is 14.6 Å². The third kappa shape index (κ3) is 3.52. The van der Waals surface area contributed by atoms with Gasteiger partial charge in [0.1, 0.15) is 11.2 Å². The number of rotatable bonds is 4. The zero-order chi connectivity index (χ0) is 20.9. The fraction of sp³-hybridized carbons (Fsp3) is 0.500. The van der Waals surface area contributed by atoms with Crippen molar-refractivity contribution in [3.8, 4) is 11.5 Å². The lowest BCUT2D eigenvalue weighted by molar-refractivity contribution is 0.0934. The molecule has 1 aromatic heterocycles. The molecule has 2 atom stereocenters. The Labute approximate surface area is 184 Å². The van der Waals surface area contributed by atoms with E-state index in [1.54, 1.807) is 23.5 Å². The molecule has 1 aliphatic heterocycles. The molecule has 4 rings (SSSR count). The third-order valence-electron chi connectivity index (χ3n) is 6.66. The highest BCUT2D eigenvalue weighted by Gasteiger charge is 2.37. The normalized spacial score (nSPS) is 21.1. The smallest absolute Gasteiger partial charge is 0.256 e. The Hall–Kier alpha value is -1.73. The lowest BCUT2D eigenvalue weighted by Crippen LogP contribution is -2.38. The maximum Gasteiger partial charge on any atom is 0.256 e. The summed E-state index contributed by atoms with van der Waals surface area (Å²) in [5, 5.41) is 17.6. The molecule has 0 fully saturated rings. The first-order valence-corrected chi connectivity index (χ1v) is 11.6. The number of hydrogen-bond donors (Lipinski definition) is 3. The SMILES string of the molecule is CCC(C)(C)[C@H]1CCc2c(sc3c2C(=O)N[C@H](c2cc(Br)c(O)c(OC)c2)N3)C1. The Balaban J connectivity index is 1.65. The highest BCUT2D eigenvalue weighted by Crippen LogP contribution is 2.47. The molecule has 1 amide bonds. The van der Waals surface area contributed by atoms with Crippen LogP contribution in [-0.4, -0.2) is 18.1 Å². The van der Waals surface area contributed by atoms with E-state index in [2.05, 4.69) is 47.3 Å². The minimum atomic E-state index is -0.371.